The molecule has 1 aromatic heterocycles. The Hall–Kier alpha value is -0.830. The third kappa shape index (κ3) is 4.04. The van der Waals surface area contributed by atoms with E-state index in [9.17, 15) is 0 Å². The van der Waals surface area contributed by atoms with Crippen molar-refractivity contribution in [3.8, 4) is 0 Å². The second-order valence-electron chi connectivity index (χ2n) is 4.19. The zero-order valence-corrected chi connectivity index (χ0v) is 10.1. The average molecular weight is 209 g/mol. The molecule has 2 N–H and O–H groups in total. The van der Waals surface area contributed by atoms with Gasteiger partial charge in [-0.2, -0.15) is 5.10 Å². The van der Waals surface area contributed by atoms with Gasteiger partial charge in [0.1, 0.15) is 0 Å². The Kier molecular flexibility index (Phi) is 5.40. The van der Waals surface area contributed by atoms with Gasteiger partial charge in [-0.15, -0.1) is 0 Å². The number of unbranched alkanes of at least 4 members (excludes halogenated alkanes) is 3. The largest absolute Gasteiger partial charge is 0.310 e. The van der Waals surface area contributed by atoms with Crippen LogP contribution in [0.5, 0.6) is 0 Å². The number of hydrogen-bond donors (Lipinski definition) is 2. The Morgan fingerprint density at radius 3 is 2.80 bits per heavy atom. The van der Waals surface area contributed by atoms with E-state index in [2.05, 4.69) is 36.3 Å². The molecule has 0 saturated heterocycles. The van der Waals surface area contributed by atoms with E-state index in [-0.39, 0.29) is 0 Å². The van der Waals surface area contributed by atoms with Crippen LogP contribution in [-0.2, 0) is 0 Å². The van der Waals surface area contributed by atoms with Crippen LogP contribution in [0, 0.1) is 6.92 Å². The Labute approximate surface area is 92.7 Å². The lowest BCUT2D eigenvalue weighted by Gasteiger charge is -2.12. The van der Waals surface area contributed by atoms with E-state index < -0.39 is 0 Å². The maximum atomic E-state index is 4.04. The highest BCUT2D eigenvalue weighted by molar-refractivity contribution is 5.18. The van der Waals surface area contributed by atoms with Gasteiger partial charge in [0.25, 0.3) is 0 Å². The number of aromatic amines is 1. The van der Waals surface area contributed by atoms with Crippen molar-refractivity contribution in [1.29, 1.82) is 0 Å². The van der Waals surface area contributed by atoms with E-state index >= 15 is 0 Å². The number of hydrogen-bond acceptors (Lipinski definition) is 2. The van der Waals surface area contributed by atoms with Gasteiger partial charge in [-0.05, 0) is 26.8 Å². The molecule has 15 heavy (non-hydrogen) atoms. The first-order chi connectivity index (χ1) is 7.25. The van der Waals surface area contributed by atoms with Gasteiger partial charge >= 0.3 is 0 Å². The highest BCUT2D eigenvalue weighted by Crippen LogP contribution is 2.14. The predicted octanol–water partition coefficient (Wildman–Crippen LogP) is 2.95. The van der Waals surface area contributed by atoms with Crippen LogP contribution < -0.4 is 5.32 Å². The van der Waals surface area contributed by atoms with Crippen LogP contribution in [0.1, 0.15) is 56.8 Å². The minimum atomic E-state index is 0.408. The van der Waals surface area contributed by atoms with Gasteiger partial charge in [0.15, 0.2) is 0 Å². The number of aromatic nitrogens is 2. The van der Waals surface area contributed by atoms with Crippen LogP contribution in [0.2, 0.25) is 0 Å². The fraction of sp³-hybridized carbons (Fsp3) is 0.750. The summed E-state index contributed by atoms with van der Waals surface area (Å²) in [5.74, 6) is 0. The van der Waals surface area contributed by atoms with Crippen molar-refractivity contribution in [2.45, 2.75) is 52.5 Å². The van der Waals surface area contributed by atoms with Gasteiger partial charge in [0.2, 0.25) is 0 Å². The number of rotatable bonds is 7. The smallest absolute Gasteiger partial charge is 0.0537 e. The first kappa shape index (κ1) is 12.2. The molecule has 0 aromatic carbocycles. The summed E-state index contributed by atoms with van der Waals surface area (Å²) in [5.41, 5.74) is 2.45. The summed E-state index contributed by atoms with van der Waals surface area (Å²) in [4.78, 5) is 0. The van der Waals surface area contributed by atoms with E-state index in [4.69, 9.17) is 0 Å². The second-order valence-corrected chi connectivity index (χ2v) is 4.19. The van der Waals surface area contributed by atoms with E-state index in [0.717, 1.165) is 6.54 Å². The Balaban J connectivity index is 2.19. The van der Waals surface area contributed by atoms with Crippen molar-refractivity contribution in [2.75, 3.05) is 6.54 Å². The molecule has 86 valence electrons. The summed E-state index contributed by atoms with van der Waals surface area (Å²) < 4.78 is 0. The molecule has 0 saturated carbocycles. The Morgan fingerprint density at radius 2 is 2.20 bits per heavy atom. The van der Waals surface area contributed by atoms with Crippen LogP contribution in [0.3, 0.4) is 0 Å². The van der Waals surface area contributed by atoms with Gasteiger partial charge in [-0.1, -0.05) is 26.2 Å². The summed E-state index contributed by atoms with van der Waals surface area (Å²) in [5, 5.41) is 10.5. The minimum Gasteiger partial charge on any atom is -0.310 e. The lowest BCUT2D eigenvalue weighted by atomic mass is 10.1. The highest BCUT2D eigenvalue weighted by Gasteiger charge is 2.08. The summed E-state index contributed by atoms with van der Waals surface area (Å²) in [7, 11) is 0. The lowest BCUT2D eigenvalue weighted by Crippen LogP contribution is -2.20. The summed E-state index contributed by atoms with van der Waals surface area (Å²) in [6.45, 7) is 7.60. The molecule has 1 rings (SSSR count). The van der Waals surface area contributed by atoms with Crippen molar-refractivity contribution in [3.63, 3.8) is 0 Å². The molecule has 3 heteroatoms. The first-order valence-electron chi connectivity index (χ1n) is 5.99. The van der Waals surface area contributed by atoms with Gasteiger partial charge in [0, 0.05) is 17.3 Å². The minimum absolute atomic E-state index is 0.408. The molecular formula is C12H23N3. The highest BCUT2D eigenvalue weighted by atomic mass is 15.1. The van der Waals surface area contributed by atoms with E-state index in [0.29, 0.717) is 6.04 Å². The summed E-state index contributed by atoms with van der Waals surface area (Å²) in [6, 6.07) is 0.408. The maximum absolute atomic E-state index is 4.04. The number of nitrogens with zero attached hydrogens (tertiary/aromatic N) is 1. The molecule has 0 radical (unpaired) electrons. The van der Waals surface area contributed by atoms with Crippen molar-refractivity contribution in [2.24, 2.45) is 0 Å². The number of nitrogens with one attached hydrogen (secondary N) is 2. The molecule has 0 aliphatic rings. The summed E-state index contributed by atoms with van der Waals surface area (Å²) in [6.07, 6.45) is 7.17. The van der Waals surface area contributed by atoms with E-state index in [1.807, 2.05) is 6.20 Å². The monoisotopic (exact) mass is 209 g/mol. The SMILES string of the molecule is CCCCCCNC(C)c1cn[nH]c1C. The van der Waals surface area contributed by atoms with Crippen LogP contribution in [-0.4, -0.2) is 16.7 Å². The normalized spacial score (nSPS) is 13.0. The average Bonchev–Trinajstić information content (AvgIpc) is 2.64. The Bertz CT molecular complexity index is 268. The van der Waals surface area contributed by atoms with Gasteiger partial charge < -0.3 is 5.32 Å². The standard InChI is InChI=1S/C12H23N3/c1-4-5-6-7-8-13-10(2)12-9-14-15-11(12)3/h9-10,13H,4-8H2,1-3H3,(H,14,15). The molecule has 1 atom stereocenters. The van der Waals surface area contributed by atoms with Crippen LogP contribution in [0.25, 0.3) is 0 Å². The zero-order valence-electron chi connectivity index (χ0n) is 10.1. The van der Waals surface area contributed by atoms with Gasteiger partial charge in [-0.3, -0.25) is 5.10 Å². The molecule has 0 bridgehead atoms. The molecule has 0 aliphatic carbocycles. The third-order valence-electron chi connectivity index (χ3n) is 2.82. The van der Waals surface area contributed by atoms with E-state index in [1.165, 1.54) is 36.9 Å². The molecular weight excluding hydrogens is 186 g/mol. The van der Waals surface area contributed by atoms with Crippen molar-refractivity contribution < 1.29 is 0 Å². The lowest BCUT2D eigenvalue weighted by molar-refractivity contribution is 0.535. The third-order valence-corrected chi connectivity index (χ3v) is 2.82. The number of H-pyrrole nitrogens is 1. The van der Waals surface area contributed by atoms with Crippen LogP contribution in [0.15, 0.2) is 6.20 Å². The van der Waals surface area contributed by atoms with Crippen LogP contribution >= 0.6 is 0 Å². The second kappa shape index (κ2) is 6.62. The first-order valence-corrected chi connectivity index (χ1v) is 5.99. The molecule has 3 nitrogen and oxygen atoms in total. The molecule has 0 spiro atoms. The van der Waals surface area contributed by atoms with E-state index in [1.54, 1.807) is 0 Å². The van der Waals surface area contributed by atoms with Crippen LogP contribution in [0.4, 0.5) is 0 Å². The maximum Gasteiger partial charge on any atom is 0.0537 e. The van der Waals surface area contributed by atoms with Crippen molar-refractivity contribution in [3.05, 3.63) is 17.5 Å². The fourth-order valence-electron chi connectivity index (χ4n) is 1.78. The van der Waals surface area contributed by atoms with Gasteiger partial charge in [-0.25, -0.2) is 0 Å². The van der Waals surface area contributed by atoms with Crippen molar-refractivity contribution in [1.82, 2.24) is 15.5 Å². The molecule has 1 heterocycles. The quantitative estimate of drug-likeness (QED) is 0.678. The number of aryl methyl sites for hydroxylation is 1. The molecule has 0 fully saturated rings. The molecule has 1 unspecified atom stereocenters. The molecule has 0 aliphatic heterocycles. The zero-order chi connectivity index (χ0) is 11.1. The van der Waals surface area contributed by atoms with Gasteiger partial charge in [0.05, 0.1) is 6.20 Å². The molecule has 1 aromatic rings. The topological polar surface area (TPSA) is 40.7 Å². The predicted molar refractivity (Wildman–Crippen MR) is 63.9 cm³/mol. The fourth-order valence-corrected chi connectivity index (χ4v) is 1.78. The Morgan fingerprint density at radius 1 is 1.40 bits per heavy atom. The molecule has 0 amide bonds. The summed E-state index contributed by atoms with van der Waals surface area (Å²) >= 11 is 0. The van der Waals surface area contributed by atoms with Crippen molar-refractivity contribution >= 4 is 0 Å².